The number of carboxylic acid groups (broad SMARTS) is 1. The number of aryl methyl sites for hydroxylation is 1. The number of pyridine rings is 1. The highest BCUT2D eigenvalue weighted by Crippen LogP contribution is 2.50. The van der Waals surface area contributed by atoms with Crippen molar-refractivity contribution in [2.24, 2.45) is 0 Å². The van der Waals surface area contributed by atoms with Crippen LogP contribution in [0.25, 0.3) is 10.9 Å². The van der Waals surface area contributed by atoms with Crippen LogP contribution in [-0.4, -0.2) is 16.1 Å². The molecule has 0 radical (unpaired) electrons. The monoisotopic (exact) mass is 261 g/mol. The molecule has 1 saturated carbocycles. The van der Waals surface area contributed by atoms with Gasteiger partial charge in [0.25, 0.3) is 0 Å². The Morgan fingerprint density at radius 3 is 2.68 bits per heavy atom. The summed E-state index contributed by atoms with van der Waals surface area (Å²) in [6, 6.07) is 3.19. The Hall–Kier alpha value is -2.17. The first-order chi connectivity index (χ1) is 8.92. The average Bonchev–Trinajstić information content (AvgIpc) is 3.09. The Labute approximate surface area is 107 Å². The highest BCUT2D eigenvalue weighted by atomic mass is 19.1. The second-order valence-electron chi connectivity index (χ2n) is 5.02. The third kappa shape index (κ3) is 1.73. The Balaban J connectivity index is 2.35. The fourth-order valence-electron chi connectivity index (χ4n) is 2.33. The van der Waals surface area contributed by atoms with Crippen LogP contribution in [0.15, 0.2) is 23.1 Å². The van der Waals surface area contributed by atoms with Crippen molar-refractivity contribution < 1.29 is 14.3 Å². The Morgan fingerprint density at radius 2 is 2.11 bits per heavy atom. The van der Waals surface area contributed by atoms with E-state index in [1.165, 1.54) is 12.3 Å². The predicted molar refractivity (Wildman–Crippen MR) is 68.3 cm³/mol. The number of benzene rings is 1. The van der Waals surface area contributed by atoms with Crippen LogP contribution in [0.4, 0.5) is 4.39 Å². The van der Waals surface area contributed by atoms with E-state index in [0.29, 0.717) is 23.9 Å². The average molecular weight is 261 g/mol. The number of alkyl halides is 1. The number of carboxylic acids is 1. The molecule has 2 aromatic rings. The van der Waals surface area contributed by atoms with Crippen molar-refractivity contribution in [3.63, 3.8) is 0 Å². The number of aromatic nitrogens is 1. The van der Waals surface area contributed by atoms with Gasteiger partial charge in [-0.25, -0.2) is 9.18 Å². The zero-order chi connectivity index (χ0) is 13.8. The van der Waals surface area contributed by atoms with Crippen LogP contribution >= 0.6 is 0 Å². The van der Waals surface area contributed by atoms with Gasteiger partial charge in [0, 0.05) is 11.6 Å². The van der Waals surface area contributed by atoms with Gasteiger partial charge in [0.2, 0.25) is 5.43 Å². The van der Waals surface area contributed by atoms with Gasteiger partial charge in [-0.15, -0.1) is 0 Å². The van der Waals surface area contributed by atoms with Gasteiger partial charge in [-0.05, 0) is 37.0 Å². The first-order valence-electron chi connectivity index (χ1n) is 6.01. The SMILES string of the molecule is Cc1cc(C2(F)CC2)cc2c(=O)c(C(=O)O)c[nH]c12. The van der Waals surface area contributed by atoms with Crippen LogP contribution < -0.4 is 5.43 Å². The number of aromatic carboxylic acids is 1. The minimum absolute atomic E-state index is 0.235. The first kappa shape index (κ1) is 11.9. The molecule has 0 atom stereocenters. The summed E-state index contributed by atoms with van der Waals surface area (Å²) in [6.45, 7) is 1.77. The molecular formula is C14H12FNO3. The zero-order valence-electron chi connectivity index (χ0n) is 10.3. The molecule has 4 nitrogen and oxygen atoms in total. The summed E-state index contributed by atoms with van der Waals surface area (Å²) in [7, 11) is 0. The van der Waals surface area contributed by atoms with Crippen LogP contribution in [0.1, 0.15) is 34.3 Å². The van der Waals surface area contributed by atoms with E-state index < -0.39 is 17.1 Å². The number of halogens is 1. The molecule has 0 aliphatic heterocycles. The summed E-state index contributed by atoms with van der Waals surface area (Å²) in [5.74, 6) is -1.28. The third-order valence-electron chi connectivity index (χ3n) is 3.62. The molecule has 1 heterocycles. The van der Waals surface area contributed by atoms with Crippen LogP contribution in [0, 0.1) is 6.92 Å². The van der Waals surface area contributed by atoms with E-state index in [9.17, 15) is 14.0 Å². The summed E-state index contributed by atoms with van der Waals surface area (Å²) in [5, 5.41) is 9.18. The topological polar surface area (TPSA) is 70.2 Å². The van der Waals surface area contributed by atoms with E-state index >= 15 is 0 Å². The molecule has 1 aromatic heterocycles. The van der Waals surface area contributed by atoms with Crippen LogP contribution in [0.3, 0.4) is 0 Å². The Kier molecular flexibility index (Phi) is 2.29. The molecular weight excluding hydrogens is 249 g/mol. The molecule has 1 aliphatic carbocycles. The highest BCUT2D eigenvalue weighted by Gasteiger charge is 2.45. The maximum absolute atomic E-state index is 14.1. The number of aromatic amines is 1. The van der Waals surface area contributed by atoms with E-state index in [2.05, 4.69) is 4.98 Å². The van der Waals surface area contributed by atoms with Gasteiger partial charge in [-0.1, -0.05) is 6.07 Å². The lowest BCUT2D eigenvalue weighted by atomic mass is 10.0. The van der Waals surface area contributed by atoms with Crippen molar-refractivity contribution in [2.45, 2.75) is 25.4 Å². The molecule has 5 heteroatoms. The van der Waals surface area contributed by atoms with Gasteiger partial charge in [0.15, 0.2) is 0 Å². The molecule has 0 amide bonds. The number of hydrogen-bond acceptors (Lipinski definition) is 2. The van der Waals surface area contributed by atoms with Crippen LogP contribution in [-0.2, 0) is 5.67 Å². The van der Waals surface area contributed by atoms with Crippen molar-refractivity contribution in [2.75, 3.05) is 0 Å². The molecule has 0 unspecified atom stereocenters. The fourth-order valence-corrected chi connectivity index (χ4v) is 2.33. The van der Waals surface area contributed by atoms with Gasteiger partial charge in [0.05, 0.1) is 5.52 Å². The lowest BCUT2D eigenvalue weighted by molar-refractivity contribution is 0.0695. The second kappa shape index (κ2) is 3.66. The van der Waals surface area contributed by atoms with E-state index in [-0.39, 0.29) is 10.9 Å². The van der Waals surface area contributed by atoms with Gasteiger partial charge in [-0.2, -0.15) is 0 Å². The van der Waals surface area contributed by atoms with Crippen molar-refractivity contribution in [1.82, 2.24) is 4.98 Å². The van der Waals surface area contributed by atoms with Gasteiger partial charge in [0.1, 0.15) is 11.2 Å². The molecule has 3 rings (SSSR count). The van der Waals surface area contributed by atoms with Crippen LogP contribution in [0.5, 0.6) is 0 Å². The minimum atomic E-state index is -1.34. The summed E-state index contributed by atoms with van der Waals surface area (Å²) in [4.78, 5) is 25.9. The second-order valence-corrected chi connectivity index (χ2v) is 5.02. The number of H-pyrrole nitrogens is 1. The van der Waals surface area contributed by atoms with E-state index in [1.807, 2.05) is 0 Å². The summed E-state index contributed by atoms with van der Waals surface area (Å²) in [5.41, 5.74) is -0.479. The number of rotatable bonds is 2. The Bertz CT molecular complexity index is 759. The van der Waals surface area contributed by atoms with Crippen molar-refractivity contribution in [3.05, 3.63) is 45.2 Å². The van der Waals surface area contributed by atoms with Crippen molar-refractivity contribution >= 4 is 16.9 Å². The maximum Gasteiger partial charge on any atom is 0.341 e. The number of fused-ring (bicyclic) bond motifs is 1. The van der Waals surface area contributed by atoms with Crippen LogP contribution in [0.2, 0.25) is 0 Å². The number of carbonyl (C=O) groups is 1. The first-order valence-corrected chi connectivity index (χ1v) is 6.01. The van der Waals surface area contributed by atoms with Gasteiger partial charge < -0.3 is 10.1 Å². The van der Waals surface area contributed by atoms with Crippen molar-refractivity contribution in [1.29, 1.82) is 0 Å². The van der Waals surface area contributed by atoms with E-state index in [0.717, 1.165) is 5.56 Å². The molecule has 0 saturated heterocycles. The lowest BCUT2D eigenvalue weighted by Crippen LogP contribution is -2.16. The molecule has 19 heavy (non-hydrogen) atoms. The van der Waals surface area contributed by atoms with Gasteiger partial charge >= 0.3 is 5.97 Å². The molecule has 0 bridgehead atoms. The van der Waals surface area contributed by atoms with E-state index in [4.69, 9.17) is 5.11 Å². The fraction of sp³-hybridized carbons (Fsp3) is 0.286. The van der Waals surface area contributed by atoms with Crippen molar-refractivity contribution in [3.8, 4) is 0 Å². The standard InChI is InChI=1S/C14H12FNO3/c1-7-4-8(14(15)2-3-14)5-9-11(7)16-6-10(12(9)17)13(18)19/h4-6H,2-3H2,1H3,(H,16,17)(H,18,19). The zero-order valence-corrected chi connectivity index (χ0v) is 10.3. The normalized spacial score (nSPS) is 16.5. The third-order valence-corrected chi connectivity index (χ3v) is 3.62. The van der Waals surface area contributed by atoms with E-state index in [1.54, 1.807) is 13.0 Å². The number of hydrogen-bond donors (Lipinski definition) is 2. The molecule has 1 fully saturated rings. The molecule has 98 valence electrons. The lowest BCUT2D eigenvalue weighted by Gasteiger charge is -2.10. The summed E-state index contributed by atoms with van der Waals surface area (Å²) >= 11 is 0. The maximum atomic E-state index is 14.1. The quantitative estimate of drug-likeness (QED) is 0.872. The smallest absolute Gasteiger partial charge is 0.341 e. The molecule has 0 spiro atoms. The molecule has 2 N–H and O–H groups in total. The largest absolute Gasteiger partial charge is 0.477 e. The molecule has 1 aliphatic rings. The van der Waals surface area contributed by atoms with Gasteiger partial charge in [-0.3, -0.25) is 4.79 Å². The highest BCUT2D eigenvalue weighted by molar-refractivity contribution is 5.93. The summed E-state index contributed by atoms with van der Waals surface area (Å²) < 4.78 is 14.1. The molecule has 1 aromatic carbocycles. The Morgan fingerprint density at radius 1 is 1.42 bits per heavy atom. The summed E-state index contributed by atoms with van der Waals surface area (Å²) in [6.07, 6.45) is 2.09. The minimum Gasteiger partial charge on any atom is -0.477 e. The predicted octanol–water partition coefficient (Wildman–Crippen LogP) is 2.49. The number of nitrogens with one attached hydrogen (secondary N) is 1.